The van der Waals surface area contributed by atoms with Crippen molar-refractivity contribution in [3.8, 4) is 0 Å². The Bertz CT molecular complexity index is 397. The van der Waals surface area contributed by atoms with Gasteiger partial charge in [0.05, 0.1) is 0 Å². The summed E-state index contributed by atoms with van der Waals surface area (Å²) in [6.45, 7) is 4.69. The molecule has 0 saturated carbocycles. The van der Waals surface area contributed by atoms with Crippen LogP contribution in [0.1, 0.15) is 39.5 Å². The van der Waals surface area contributed by atoms with Gasteiger partial charge in [-0.3, -0.25) is 19.8 Å². The van der Waals surface area contributed by atoms with E-state index in [4.69, 9.17) is 4.74 Å². The van der Waals surface area contributed by atoms with Gasteiger partial charge in [-0.1, -0.05) is 13.8 Å². The lowest BCUT2D eigenvalue weighted by Crippen LogP contribution is -2.66. The number of carbonyl (C=O) groups is 3. The number of imide groups is 2. The van der Waals surface area contributed by atoms with E-state index in [1.54, 1.807) is 13.8 Å². The van der Waals surface area contributed by atoms with Gasteiger partial charge in [0.25, 0.3) is 0 Å². The summed E-state index contributed by atoms with van der Waals surface area (Å²) < 4.78 is 5.25. The third-order valence-electron chi connectivity index (χ3n) is 4.27. The SMILES string of the molecule is CCC1(CC)C(=O)NC(=O)N(C2CCOCC2)C1=O. The smallest absolute Gasteiger partial charge is 0.331 e. The molecule has 6 nitrogen and oxygen atoms in total. The second-order valence-electron chi connectivity index (χ2n) is 5.07. The number of amides is 4. The number of carbonyl (C=O) groups excluding carboxylic acids is 3. The van der Waals surface area contributed by atoms with E-state index in [1.165, 1.54) is 4.90 Å². The molecule has 2 fully saturated rings. The van der Waals surface area contributed by atoms with Crippen molar-refractivity contribution in [1.82, 2.24) is 10.2 Å². The molecule has 0 aromatic carbocycles. The Morgan fingerprint density at radius 2 is 1.79 bits per heavy atom. The summed E-state index contributed by atoms with van der Waals surface area (Å²) in [4.78, 5) is 37.9. The fraction of sp³-hybridized carbons (Fsp3) is 0.769. The largest absolute Gasteiger partial charge is 0.381 e. The van der Waals surface area contributed by atoms with Gasteiger partial charge in [-0.2, -0.15) is 0 Å². The number of nitrogens with one attached hydrogen (secondary N) is 1. The highest BCUT2D eigenvalue weighted by atomic mass is 16.5. The van der Waals surface area contributed by atoms with E-state index in [2.05, 4.69) is 5.32 Å². The minimum Gasteiger partial charge on any atom is -0.381 e. The lowest BCUT2D eigenvalue weighted by atomic mass is 9.78. The predicted molar refractivity (Wildman–Crippen MR) is 67.2 cm³/mol. The highest BCUT2D eigenvalue weighted by molar-refractivity contribution is 6.19. The standard InChI is InChI=1S/C13H20N2O4/c1-3-13(4-2)10(16)14-12(18)15(11(13)17)9-5-7-19-8-6-9/h9H,3-8H2,1-2H3,(H,14,16,18). The van der Waals surface area contributed by atoms with Gasteiger partial charge < -0.3 is 4.74 Å². The summed E-state index contributed by atoms with van der Waals surface area (Å²) in [7, 11) is 0. The summed E-state index contributed by atoms with van der Waals surface area (Å²) in [5.41, 5.74) is -1.09. The summed E-state index contributed by atoms with van der Waals surface area (Å²) in [5.74, 6) is -0.811. The molecule has 0 aliphatic carbocycles. The zero-order valence-corrected chi connectivity index (χ0v) is 11.4. The molecule has 2 aliphatic heterocycles. The fourth-order valence-electron chi connectivity index (χ4n) is 2.85. The third kappa shape index (κ3) is 2.14. The van der Waals surface area contributed by atoms with E-state index in [9.17, 15) is 14.4 Å². The molecule has 1 N–H and O–H groups in total. The van der Waals surface area contributed by atoms with E-state index in [0.29, 0.717) is 38.9 Å². The van der Waals surface area contributed by atoms with Crippen LogP contribution in [0.2, 0.25) is 0 Å². The number of ether oxygens (including phenoxy) is 1. The van der Waals surface area contributed by atoms with Crippen LogP contribution in [0.15, 0.2) is 0 Å². The van der Waals surface area contributed by atoms with E-state index in [0.717, 1.165) is 0 Å². The lowest BCUT2D eigenvalue weighted by molar-refractivity contribution is -0.154. The first-order valence-electron chi connectivity index (χ1n) is 6.83. The molecule has 0 unspecified atom stereocenters. The number of hydrogen-bond donors (Lipinski definition) is 1. The first-order valence-corrected chi connectivity index (χ1v) is 6.83. The van der Waals surface area contributed by atoms with Crippen LogP contribution < -0.4 is 5.32 Å². The van der Waals surface area contributed by atoms with Crippen LogP contribution in [0, 0.1) is 5.41 Å². The van der Waals surface area contributed by atoms with Crippen molar-refractivity contribution in [2.75, 3.05) is 13.2 Å². The topological polar surface area (TPSA) is 75.7 Å². The Balaban J connectivity index is 2.29. The van der Waals surface area contributed by atoms with E-state index >= 15 is 0 Å². The van der Waals surface area contributed by atoms with E-state index < -0.39 is 17.4 Å². The van der Waals surface area contributed by atoms with Gasteiger partial charge in [0.15, 0.2) is 0 Å². The van der Waals surface area contributed by atoms with Crippen LogP contribution in [0.4, 0.5) is 4.79 Å². The molecule has 0 spiro atoms. The van der Waals surface area contributed by atoms with Crippen LogP contribution in [0.5, 0.6) is 0 Å². The van der Waals surface area contributed by atoms with Crippen molar-refractivity contribution in [3.05, 3.63) is 0 Å². The molecule has 2 rings (SSSR count). The third-order valence-corrected chi connectivity index (χ3v) is 4.27. The number of barbiturate groups is 1. The van der Waals surface area contributed by atoms with Crippen LogP contribution in [0.3, 0.4) is 0 Å². The Labute approximate surface area is 112 Å². The molecule has 2 aliphatic rings. The molecule has 0 bridgehead atoms. The number of nitrogens with zero attached hydrogens (tertiary/aromatic N) is 1. The first-order chi connectivity index (χ1) is 9.06. The molecule has 2 saturated heterocycles. The molecule has 0 atom stereocenters. The monoisotopic (exact) mass is 268 g/mol. The van der Waals surface area contributed by atoms with Crippen LogP contribution in [-0.2, 0) is 14.3 Å². The molecule has 4 amide bonds. The molecule has 0 aromatic heterocycles. The van der Waals surface area contributed by atoms with Gasteiger partial charge in [0.1, 0.15) is 5.41 Å². The first kappa shape index (κ1) is 14.0. The van der Waals surface area contributed by atoms with Gasteiger partial charge >= 0.3 is 6.03 Å². The van der Waals surface area contributed by atoms with Gasteiger partial charge in [0, 0.05) is 19.3 Å². The normalized spacial score (nSPS) is 24.5. The summed E-state index contributed by atoms with van der Waals surface area (Å²) in [5, 5.41) is 2.34. The fourth-order valence-corrected chi connectivity index (χ4v) is 2.85. The zero-order valence-electron chi connectivity index (χ0n) is 11.4. The van der Waals surface area contributed by atoms with Gasteiger partial charge in [-0.15, -0.1) is 0 Å². The number of rotatable bonds is 3. The highest BCUT2D eigenvalue weighted by Crippen LogP contribution is 2.34. The van der Waals surface area contributed by atoms with Crippen molar-refractivity contribution in [2.45, 2.75) is 45.6 Å². The molecule has 19 heavy (non-hydrogen) atoms. The molecule has 0 radical (unpaired) electrons. The van der Waals surface area contributed by atoms with Crippen molar-refractivity contribution in [3.63, 3.8) is 0 Å². The average Bonchev–Trinajstić information content (AvgIpc) is 2.41. The Morgan fingerprint density at radius 1 is 1.21 bits per heavy atom. The van der Waals surface area contributed by atoms with Gasteiger partial charge in [-0.05, 0) is 25.7 Å². The minimum atomic E-state index is -1.09. The number of urea groups is 1. The van der Waals surface area contributed by atoms with Crippen LogP contribution in [-0.4, -0.2) is 42.0 Å². The summed E-state index contributed by atoms with van der Waals surface area (Å²) in [6, 6.07) is -0.744. The van der Waals surface area contributed by atoms with Crippen molar-refractivity contribution >= 4 is 17.8 Å². The van der Waals surface area contributed by atoms with Gasteiger partial charge in [0.2, 0.25) is 11.8 Å². The average molecular weight is 268 g/mol. The number of hydrogen-bond acceptors (Lipinski definition) is 4. The Kier molecular flexibility index (Phi) is 3.89. The lowest BCUT2D eigenvalue weighted by Gasteiger charge is -2.42. The van der Waals surface area contributed by atoms with Crippen LogP contribution in [0.25, 0.3) is 0 Å². The van der Waals surface area contributed by atoms with Crippen molar-refractivity contribution < 1.29 is 19.1 Å². The molecule has 6 heteroatoms. The molecule has 106 valence electrons. The quantitative estimate of drug-likeness (QED) is 0.776. The van der Waals surface area contributed by atoms with Crippen molar-refractivity contribution in [2.24, 2.45) is 5.41 Å². The maximum absolute atomic E-state index is 12.6. The molecular formula is C13H20N2O4. The van der Waals surface area contributed by atoms with Gasteiger partial charge in [-0.25, -0.2) is 4.79 Å². The van der Waals surface area contributed by atoms with Crippen LogP contribution >= 0.6 is 0 Å². The van der Waals surface area contributed by atoms with E-state index in [-0.39, 0.29) is 11.9 Å². The Hall–Kier alpha value is -1.43. The molecule has 0 aromatic rings. The Morgan fingerprint density at radius 3 is 2.32 bits per heavy atom. The molecule has 2 heterocycles. The minimum absolute atomic E-state index is 0.160. The summed E-state index contributed by atoms with van der Waals surface area (Å²) in [6.07, 6.45) is 2.08. The highest BCUT2D eigenvalue weighted by Gasteiger charge is 2.53. The zero-order chi connectivity index (χ0) is 14.0. The van der Waals surface area contributed by atoms with E-state index in [1.807, 2.05) is 0 Å². The maximum Gasteiger partial charge on any atom is 0.331 e. The second-order valence-corrected chi connectivity index (χ2v) is 5.07. The molecular weight excluding hydrogens is 248 g/mol. The van der Waals surface area contributed by atoms with Crippen molar-refractivity contribution in [1.29, 1.82) is 0 Å². The maximum atomic E-state index is 12.6. The predicted octanol–water partition coefficient (Wildman–Crippen LogP) is 1.05. The summed E-state index contributed by atoms with van der Waals surface area (Å²) >= 11 is 0. The second kappa shape index (κ2) is 5.28.